The molecule has 192 valence electrons. The van der Waals surface area contributed by atoms with Gasteiger partial charge in [0.05, 0.1) is 6.42 Å². The summed E-state index contributed by atoms with van der Waals surface area (Å²) in [6.07, 6.45) is 7.11. The lowest BCUT2D eigenvalue weighted by Crippen LogP contribution is -2.30. The molecule has 5 heteroatoms. The molecule has 0 fully saturated rings. The first-order valence-corrected chi connectivity index (χ1v) is 12.6. The number of aliphatic carboxylic acids is 1. The Hall–Kier alpha value is -4.64. The minimum absolute atomic E-state index is 0.0322. The fraction of sp³-hybridized carbons (Fsp3) is 0.152. The van der Waals surface area contributed by atoms with Gasteiger partial charge >= 0.3 is 5.97 Å². The van der Waals surface area contributed by atoms with Crippen molar-refractivity contribution in [3.05, 3.63) is 131 Å². The zero-order chi connectivity index (χ0) is 26.7. The van der Waals surface area contributed by atoms with Crippen LogP contribution in [0, 0.1) is 0 Å². The standard InChI is InChI=1S/C33H31NO4/c1-34(20-19-25-11-4-2-5-12-25)32(35)23-28-21-27(15-8-9-18-33(36)37)22-30-29(28)16-10-17-31(30)38-24-26-13-6-3-7-14-26/h2-18,21-22H,19-20,23-24H2,1H3,(H,36,37). The van der Waals surface area contributed by atoms with Crippen molar-refractivity contribution in [2.75, 3.05) is 13.6 Å². The minimum Gasteiger partial charge on any atom is -0.488 e. The van der Waals surface area contributed by atoms with Crippen LogP contribution in [0.5, 0.6) is 5.75 Å². The van der Waals surface area contributed by atoms with Crippen LogP contribution in [-0.4, -0.2) is 35.5 Å². The summed E-state index contributed by atoms with van der Waals surface area (Å²) >= 11 is 0. The van der Waals surface area contributed by atoms with Crippen molar-refractivity contribution < 1.29 is 19.4 Å². The number of carbonyl (C=O) groups excluding carboxylic acids is 1. The van der Waals surface area contributed by atoms with Crippen LogP contribution < -0.4 is 4.74 Å². The lowest BCUT2D eigenvalue weighted by atomic mass is 9.97. The highest BCUT2D eigenvalue weighted by Gasteiger charge is 2.15. The van der Waals surface area contributed by atoms with Crippen molar-refractivity contribution in [1.82, 2.24) is 4.90 Å². The number of carboxylic acids is 1. The number of nitrogens with zero attached hydrogens (tertiary/aromatic N) is 1. The Balaban J connectivity index is 1.60. The van der Waals surface area contributed by atoms with Crippen LogP contribution in [0.1, 0.15) is 22.3 Å². The molecular formula is C33H31NO4. The Morgan fingerprint density at radius 1 is 0.842 bits per heavy atom. The molecule has 0 aliphatic carbocycles. The number of benzene rings is 4. The van der Waals surface area contributed by atoms with Gasteiger partial charge in [-0.3, -0.25) is 4.79 Å². The second kappa shape index (κ2) is 13.1. The Kier molecular flexibility index (Phi) is 9.08. The van der Waals surface area contributed by atoms with E-state index in [1.54, 1.807) is 11.0 Å². The zero-order valence-electron chi connectivity index (χ0n) is 21.4. The van der Waals surface area contributed by atoms with E-state index < -0.39 is 5.97 Å². The third-order valence-electron chi connectivity index (χ3n) is 6.29. The van der Waals surface area contributed by atoms with E-state index >= 15 is 0 Å². The number of carbonyl (C=O) groups is 2. The van der Waals surface area contributed by atoms with Crippen LogP contribution in [-0.2, 0) is 29.0 Å². The van der Waals surface area contributed by atoms with Crippen molar-refractivity contribution >= 4 is 28.7 Å². The highest BCUT2D eigenvalue weighted by atomic mass is 16.5. The molecule has 0 aliphatic heterocycles. The van der Waals surface area contributed by atoms with Crippen LogP contribution in [0.4, 0.5) is 0 Å². The summed E-state index contributed by atoms with van der Waals surface area (Å²) < 4.78 is 6.20. The van der Waals surface area contributed by atoms with Gasteiger partial charge in [-0.05, 0) is 46.2 Å². The molecule has 4 rings (SSSR count). The third kappa shape index (κ3) is 7.43. The molecule has 0 unspecified atom stereocenters. The molecule has 1 amide bonds. The molecule has 5 nitrogen and oxygen atoms in total. The lowest BCUT2D eigenvalue weighted by molar-refractivity contribution is -0.131. The van der Waals surface area contributed by atoms with Gasteiger partial charge in [0.25, 0.3) is 0 Å². The van der Waals surface area contributed by atoms with Gasteiger partial charge in [-0.15, -0.1) is 0 Å². The average Bonchev–Trinajstić information content (AvgIpc) is 2.94. The molecule has 0 saturated carbocycles. The van der Waals surface area contributed by atoms with Crippen LogP contribution in [0.25, 0.3) is 16.8 Å². The van der Waals surface area contributed by atoms with E-state index in [9.17, 15) is 9.59 Å². The van der Waals surface area contributed by atoms with E-state index in [0.29, 0.717) is 13.2 Å². The maximum absolute atomic E-state index is 13.2. The van der Waals surface area contributed by atoms with E-state index in [1.165, 1.54) is 11.6 Å². The van der Waals surface area contributed by atoms with E-state index in [2.05, 4.69) is 12.1 Å². The van der Waals surface area contributed by atoms with Crippen molar-refractivity contribution in [3.8, 4) is 5.75 Å². The van der Waals surface area contributed by atoms with Gasteiger partial charge in [0, 0.05) is 25.1 Å². The maximum Gasteiger partial charge on any atom is 0.328 e. The Labute approximate surface area is 223 Å². The number of amides is 1. The van der Waals surface area contributed by atoms with Gasteiger partial charge in [0.1, 0.15) is 12.4 Å². The molecule has 0 atom stereocenters. The highest BCUT2D eigenvalue weighted by Crippen LogP contribution is 2.31. The van der Waals surface area contributed by atoms with Gasteiger partial charge in [-0.25, -0.2) is 4.79 Å². The molecule has 38 heavy (non-hydrogen) atoms. The summed E-state index contributed by atoms with van der Waals surface area (Å²) in [6, 6.07) is 30.0. The summed E-state index contributed by atoms with van der Waals surface area (Å²) in [5, 5.41) is 10.7. The van der Waals surface area contributed by atoms with Crippen LogP contribution in [0.15, 0.2) is 109 Å². The molecule has 0 aliphatic rings. The smallest absolute Gasteiger partial charge is 0.328 e. The number of fused-ring (bicyclic) bond motifs is 1. The summed E-state index contributed by atoms with van der Waals surface area (Å²) in [5.41, 5.74) is 4.01. The minimum atomic E-state index is -1.01. The van der Waals surface area contributed by atoms with E-state index in [1.807, 2.05) is 92.0 Å². The monoisotopic (exact) mass is 505 g/mol. The first-order valence-electron chi connectivity index (χ1n) is 12.6. The second-order valence-electron chi connectivity index (χ2n) is 9.09. The Morgan fingerprint density at radius 2 is 1.55 bits per heavy atom. The molecule has 0 spiro atoms. The Morgan fingerprint density at radius 3 is 2.26 bits per heavy atom. The summed E-state index contributed by atoms with van der Waals surface area (Å²) in [6.45, 7) is 1.06. The zero-order valence-corrected chi connectivity index (χ0v) is 21.4. The molecule has 0 aromatic heterocycles. The fourth-order valence-corrected chi connectivity index (χ4v) is 4.23. The first-order chi connectivity index (χ1) is 18.5. The number of hydrogen-bond donors (Lipinski definition) is 1. The van der Waals surface area contributed by atoms with Gasteiger partial charge in [0.2, 0.25) is 5.91 Å². The van der Waals surface area contributed by atoms with Crippen LogP contribution >= 0.6 is 0 Å². The number of rotatable bonds is 11. The van der Waals surface area contributed by atoms with Gasteiger partial charge in [-0.1, -0.05) is 97.1 Å². The molecular weight excluding hydrogens is 474 g/mol. The van der Waals surface area contributed by atoms with Crippen molar-refractivity contribution in [2.45, 2.75) is 19.4 Å². The largest absolute Gasteiger partial charge is 0.488 e. The van der Waals surface area contributed by atoms with E-state index in [-0.39, 0.29) is 12.3 Å². The Bertz CT molecular complexity index is 1440. The average molecular weight is 506 g/mol. The SMILES string of the molecule is CN(CCc1ccccc1)C(=O)Cc1cc(C=CC=CC(=O)O)cc2c(OCc3ccccc3)cccc12. The number of allylic oxidation sites excluding steroid dienone is 2. The van der Waals surface area contributed by atoms with Crippen LogP contribution in [0.3, 0.4) is 0 Å². The predicted octanol–water partition coefficient (Wildman–Crippen LogP) is 6.32. The predicted molar refractivity (Wildman–Crippen MR) is 152 cm³/mol. The molecule has 4 aromatic rings. The van der Waals surface area contributed by atoms with E-state index in [4.69, 9.17) is 9.84 Å². The second-order valence-corrected chi connectivity index (χ2v) is 9.09. The quantitative estimate of drug-likeness (QED) is 0.191. The highest BCUT2D eigenvalue weighted by molar-refractivity contribution is 5.95. The van der Waals surface area contributed by atoms with Gasteiger partial charge in [-0.2, -0.15) is 0 Å². The molecule has 4 aromatic carbocycles. The van der Waals surface area contributed by atoms with Crippen molar-refractivity contribution in [3.63, 3.8) is 0 Å². The summed E-state index contributed by atoms with van der Waals surface area (Å²) in [5.74, 6) is -0.242. The lowest BCUT2D eigenvalue weighted by Gasteiger charge is -2.19. The van der Waals surface area contributed by atoms with Crippen molar-refractivity contribution in [1.29, 1.82) is 0 Å². The fourth-order valence-electron chi connectivity index (χ4n) is 4.23. The normalized spacial score (nSPS) is 11.3. The van der Waals surface area contributed by atoms with Crippen molar-refractivity contribution in [2.24, 2.45) is 0 Å². The molecule has 0 bridgehead atoms. The molecule has 0 radical (unpaired) electrons. The number of carboxylic acid groups (broad SMARTS) is 1. The molecule has 1 N–H and O–H groups in total. The first kappa shape index (κ1) is 26.4. The third-order valence-corrected chi connectivity index (χ3v) is 6.29. The summed E-state index contributed by atoms with van der Waals surface area (Å²) in [4.78, 5) is 25.8. The molecule has 0 saturated heterocycles. The number of hydrogen-bond acceptors (Lipinski definition) is 3. The topological polar surface area (TPSA) is 66.8 Å². The maximum atomic E-state index is 13.2. The van der Waals surface area contributed by atoms with Gasteiger partial charge in [0.15, 0.2) is 0 Å². The van der Waals surface area contributed by atoms with Gasteiger partial charge < -0.3 is 14.7 Å². The van der Waals surface area contributed by atoms with Crippen LogP contribution in [0.2, 0.25) is 0 Å². The summed E-state index contributed by atoms with van der Waals surface area (Å²) in [7, 11) is 1.84. The number of ether oxygens (including phenoxy) is 1. The van der Waals surface area contributed by atoms with E-state index in [0.717, 1.165) is 45.7 Å². The molecule has 0 heterocycles. The number of likely N-dealkylation sites (N-methyl/N-ethyl adjacent to an activating group) is 1.